The summed E-state index contributed by atoms with van der Waals surface area (Å²) >= 11 is 5.72. The Labute approximate surface area is 101 Å². The van der Waals surface area contributed by atoms with Crippen LogP contribution in [0.2, 0.25) is 5.02 Å². The van der Waals surface area contributed by atoms with Gasteiger partial charge in [0.15, 0.2) is 0 Å². The van der Waals surface area contributed by atoms with Gasteiger partial charge in [0.2, 0.25) is 0 Å². The highest BCUT2D eigenvalue weighted by molar-refractivity contribution is 6.31. The van der Waals surface area contributed by atoms with Crippen molar-refractivity contribution in [3.8, 4) is 0 Å². The molecule has 0 fully saturated rings. The molecule has 0 aliphatic rings. The van der Waals surface area contributed by atoms with E-state index in [9.17, 15) is 4.39 Å². The monoisotopic (exact) mass is 245 g/mol. The fraction of sp³-hybridized carbons (Fsp3) is 0.455. The van der Waals surface area contributed by atoms with Crippen molar-refractivity contribution in [3.63, 3.8) is 0 Å². The quantitative estimate of drug-likeness (QED) is 0.825. The number of hydrogen-bond donors (Lipinski definition) is 1. The molecule has 0 atom stereocenters. The average molecular weight is 246 g/mol. The van der Waals surface area contributed by atoms with Crippen LogP contribution in [0.4, 0.5) is 15.8 Å². The summed E-state index contributed by atoms with van der Waals surface area (Å²) in [4.78, 5) is 4.03. The first kappa shape index (κ1) is 13.1. The van der Waals surface area contributed by atoms with Gasteiger partial charge >= 0.3 is 0 Å². The Balaban J connectivity index is 2.82. The first-order chi connectivity index (χ1) is 7.41. The van der Waals surface area contributed by atoms with Gasteiger partial charge in [-0.15, -0.1) is 0 Å². The maximum atomic E-state index is 13.1. The van der Waals surface area contributed by atoms with Gasteiger partial charge in [0.05, 0.1) is 16.4 Å². The first-order valence-corrected chi connectivity index (χ1v) is 5.40. The predicted molar refractivity (Wildman–Crippen MR) is 67.6 cm³/mol. The summed E-state index contributed by atoms with van der Waals surface area (Å²) in [6.45, 7) is 1.70. The van der Waals surface area contributed by atoms with Gasteiger partial charge in [0, 0.05) is 26.2 Å². The van der Waals surface area contributed by atoms with Crippen molar-refractivity contribution in [2.24, 2.45) is 0 Å². The fourth-order valence-corrected chi connectivity index (χ4v) is 1.51. The van der Waals surface area contributed by atoms with Crippen molar-refractivity contribution >= 4 is 23.0 Å². The molecule has 0 unspecified atom stereocenters. The van der Waals surface area contributed by atoms with E-state index in [2.05, 4.69) is 4.90 Å². The third-order valence-electron chi connectivity index (χ3n) is 2.36. The van der Waals surface area contributed by atoms with E-state index in [0.717, 1.165) is 18.8 Å². The molecule has 5 heteroatoms. The molecule has 0 radical (unpaired) electrons. The molecule has 0 bridgehead atoms. The summed E-state index contributed by atoms with van der Waals surface area (Å²) in [7, 11) is 5.90. The van der Waals surface area contributed by atoms with E-state index >= 15 is 0 Å². The summed E-state index contributed by atoms with van der Waals surface area (Å²) in [5, 5.41) is 0.0981. The topological polar surface area (TPSA) is 32.5 Å². The number of rotatable bonds is 4. The fourth-order valence-electron chi connectivity index (χ4n) is 1.35. The number of nitrogen functional groups attached to an aromatic ring is 1. The SMILES string of the molecule is CN(C)CCN(C)c1cc(Cl)c(F)cc1N. The molecular formula is C11H17ClFN3. The molecule has 0 saturated heterocycles. The summed E-state index contributed by atoms with van der Waals surface area (Å²) in [6.07, 6.45) is 0. The lowest BCUT2D eigenvalue weighted by Gasteiger charge is -2.23. The molecule has 0 heterocycles. The maximum absolute atomic E-state index is 13.1. The van der Waals surface area contributed by atoms with Crippen molar-refractivity contribution < 1.29 is 4.39 Å². The van der Waals surface area contributed by atoms with E-state index in [0.29, 0.717) is 5.69 Å². The highest BCUT2D eigenvalue weighted by Gasteiger charge is 2.10. The molecule has 16 heavy (non-hydrogen) atoms. The summed E-state index contributed by atoms with van der Waals surface area (Å²) in [5.74, 6) is -0.482. The van der Waals surface area contributed by atoms with Crippen LogP contribution in [0, 0.1) is 5.82 Å². The first-order valence-electron chi connectivity index (χ1n) is 5.02. The largest absolute Gasteiger partial charge is 0.397 e. The van der Waals surface area contributed by atoms with Crippen molar-refractivity contribution in [1.82, 2.24) is 4.90 Å². The molecule has 0 amide bonds. The van der Waals surface area contributed by atoms with Crippen LogP contribution in [0.1, 0.15) is 0 Å². The Hall–Kier alpha value is -1.00. The number of benzene rings is 1. The van der Waals surface area contributed by atoms with Crippen LogP contribution >= 0.6 is 11.6 Å². The Bertz CT molecular complexity index is 368. The number of hydrogen-bond acceptors (Lipinski definition) is 3. The lowest BCUT2D eigenvalue weighted by molar-refractivity contribution is 0.416. The van der Waals surface area contributed by atoms with Crippen molar-refractivity contribution in [2.75, 3.05) is 44.9 Å². The van der Waals surface area contributed by atoms with Gasteiger partial charge in [-0.3, -0.25) is 0 Å². The smallest absolute Gasteiger partial charge is 0.143 e. The van der Waals surface area contributed by atoms with Gasteiger partial charge in [-0.05, 0) is 20.2 Å². The molecule has 0 spiro atoms. The molecule has 3 nitrogen and oxygen atoms in total. The molecule has 1 rings (SSSR count). The molecule has 0 saturated carbocycles. The molecule has 0 aliphatic carbocycles. The van der Waals surface area contributed by atoms with Gasteiger partial charge < -0.3 is 15.5 Å². The zero-order chi connectivity index (χ0) is 12.3. The predicted octanol–water partition coefficient (Wildman–Crippen LogP) is 2.06. The summed E-state index contributed by atoms with van der Waals surface area (Å²) in [6, 6.07) is 2.81. The van der Waals surface area contributed by atoms with Gasteiger partial charge in [-0.25, -0.2) is 4.39 Å². The summed E-state index contributed by atoms with van der Waals surface area (Å²) < 4.78 is 13.1. The minimum atomic E-state index is -0.482. The third kappa shape index (κ3) is 3.25. The molecule has 2 N–H and O–H groups in total. The average Bonchev–Trinajstić information content (AvgIpc) is 2.20. The van der Waals surface area contributed by atoms with Crippen LogP contribution in [0.3, 0.4) is 0 Å². The van der Waals surface area contributed by atoms with E-state index in [1.54, 1.807) is 6.07 Å². The second-order valence-corrected chi connectivity index (χ2v) is 4.46. The molecule has 0 aliphatic heterocycles. The zero-order valence-electron chi connectivity index (χ0n) is 9.80. The maximum Gasteiger partial charge on any atom is 0.143 e. The highest BCUT2D eigenvalue weighted by atomic mass is 35.5. The lowest BCUT2D eigenvalue weighted by atomic mass is 10.2. The van der Waals surface area contributed by atoms with Crippen LogP contribution in [-0.4, -0.2) is 39.1 Å². The Morgan fingerprint density at radius 2 is 1.88 bits per heavy atom. The Morgan fingerprint density at radius 3 is 2.44 bits per heavy atom. The number of nitrogens with two attached hydrogens (primary N) is 1. The molecule has 0 aromatic heterocycles. The summed E-state index contributed by atoms with van der Waals surface area (Å²) in [5.41, 5.74) is 6.91. The lowest BCUT2D eigenvalue weighted by Crippen LogP contribution is -2.29. The van der Waals surface area contributed by atoms with Crippen molar-refractivity contribution in [2.45, 2.75) is 0 Å². The van der Waals surface area contributed by atoms with Gasteiger partial charge in [-0.1, -0.05) is 11.6 Å². The normalized spacial score (nSPS) is 10.9. The second kappa shape index (κ2) is 5.37. The zero-order valence-corrected chi connectivity index (χ0v) is 10.6. The van der Waals surface area contributed by atoms with Crippen LogP contribution in [0.25, 0.3) is 0 Å². The van der Waals surface area contributed by atoms with E-state index in [1.807, 2.05) is 26.0 Å². The van der Waals surface area contributed by atoms with E-state index < -0.39 is 5.82 Å². The van der Waals surface area contributed by atoms with Crippen LogP contribution in [0.15, 0.2) is 12.1 Å². The number of halogens is 2. The van der Waals surface area contributed by atoms with Gasteiger partial charge in [-0.2, -0.15) is 0 Å². The third-order valence-corrected chi connectivity index (χ3v) is 2.65. The van der Waals surface area contributed by atoms with Crippen molar-refractivity contribution in [3.05, 3.63) is 23.0 Å². The minimum absolute atomic E-state index is 0.0981. The molecule has 1 aromatic rings. The highest BCUT2D eigenvalue weighted by Crippen LogP contribution is 2.28. The van der Waals surface area contributed by atoms with Crippen LogP contribution in [-0.2, 0) is 0 Å². The molecule has 90 valence electrons. The number of nitrogens with zero attached hydrogens (tertiary/aromatic N) is 2. The Kier molecular flexibility index (Phi) is 4.38. The second-order valence-electron chi connectivity index (χ2n) is 4.05. The van der Waals surface area contributed by atoms with Crippen LogP contribution in [0.5, 0.6) is 0 Å². The van der Waals surface area contributed by atoms with E-state index in [4.69, 9.17) is 17.3 Å². The van der Waals surface area contributed by atoms with Gasteiger partial charge in [0.1, 0.15) is 5.82 Å². The van der Waals surface area contributed by atoms with Gasteiger partial charge in [0.25, 0.3) is 0 Å². The van der Waals surface area contributed by atoms with E-state index in [-0.39, 0.29) is 5.02 Å². The molecule has 1 aromatic carbocycles. The van der Waals surface area contributed by atoms with Crippen molar-refractivity contribution in [1.29, 1.82) is 0 Å². The number of anilines is 2. The van der Waals surface area contributed by atoms with Crippen LogP contribution < -0.4 is 10.6 Å². The van der Waals surface area contributed by atoms with E-state index in [1.165, 1.54) is 6.07 Å². The Morgan fingerprint density at radius 1 is 1.25 bits per heavy atom. The standard InChI is InChI=1S/C11H17ClFN3/c1-15(2)4-5-16(3)11-6-8(12)9(13)7-10(11)14/h6-7H,4-5,14H2,1-3H3. The number of likely N-dealkylation sites (N-methyl/N-ethyl adjacent to an activating group) is 2. The minimum Gasteiger partial charge on any atom is -0.397 e. The molecular weight excluding hydrogens is 229 g/mol.